The van der Waals surface area contributed by atoms with Crippen molar-refractivity contribution >= 4 is 27.5 Å². The second-order valence-corrected chi connectivity index (χ2v) is 5.73. The van der Waals surface area contributed by atoms with Crippen molar-refractivity contribution in [2.75, 3.05) is 0 Å². The first kappa shape index (κ1) is 14.8. The van der Waals surface area contributed by atoms with Gasteiger partial charge in [-0.15, -0.1) is 15.3 Å². The lowest BCUT2D eigenvalue weighted by atomic mass is 10.2. The average molecular weight is 354 g/mol. The molecule has 5 aromatic rings. The molecule has 3 aromatic heterocycles. The van der Waals surface area contributed by atoms with Gasteiger partial charge in [-0.25, -0.2) is 4.98 Å². The smallest absolute Gasteiger partial charge is 0.281 e. The van der Waals surface area contributed by atoms with Gasteiger partial charge in [-0.3, -0.25) is 4.57 Å². The first-order valence-electron chi connectivity index (χ1n) is 7.68. The molecule has 0 aliphatic carbocycles. The van der Waals surface area contributed by atoms with Gasteiger partial charge >= 0.3 is 6.18 Å². The largest absolute Gasteiger partial charge is 0.453 e. The number of halogens is 3. The van der Waals surface area contributed by atoms with E-state index in [-0.39, 0.29) is 5.65 Å². The molecule has 0 saturated heterocycles. The fourth-order valence-corrected chi connectivity index (χ4v) is 3.05. The van der Waals surface area contributed by atoms with Crippen LogP contribution in [0.15, 0.2) is 54.9 Å². The van der Waals surface area contributed by atoms with Crippen molar-refractivity contribution in [3.63, 3.8) is 0 Å². The van der Waals surface area contributed by atoms with Gasteiger partial charge < -0.3 is 0 Å². The standard InChI is InChI=1S/C17H9F3N6/c18-17(19,20)16-23-22-14-10-5-1-2-6-11(10)15(24-26(14)16)25-9-21-12-7-3-4-8-13(12)25/h1-9H. The fourth-order valence-electron chi connectivity index (χ4n) is 3.05. The summed E-state index contributed by atoms with van der Waals surface area (Å²) in [5.74, 6) is -0.837. The molecule has 5 rings (SSSR count). The molecule has 128 valence electrons. The molecule has 0 atom stereocenters. The van der Waals surface area contributed by atoms with E-state index in [0.717, 1.165) is 15.5 Å². The molecule has 0 saturated carbocycles. The fraction of sp³-hybridized carbons (Fsp3) is 0.0588. The molecule has 0 N–H and O–H groups in total. The van der Waals surface area contributed by atoms with Crippen molar-refractivity contribution in [1.29, 1.82) is 0 Å². The number of nitrogens with zero attached hydrogens (tertiary/aromatic N) is 6. The number of hydrogen-bond donors (Lipinski definition) is 0. The number of fused-ring (bicyclic) bond motifs is 4. The van der Waals surface area contributed by atoms with E-state index in [1.807, 2.05) is 24.3 Å². The summed E-state index contributed by atoms with van der Waals surface area (Å²) >= 11 is 0. The van der Waals surface area contributed by atoms with Gasteiger partial charge in [-0.2, -0.15) is 17.7 Å². The first-order chi connectivity index (χ1) is 12.5. The molecule has 0 spiro atoms. The Morgan fingerprint density at radius 1 is 0.846 bits per heavy atom. The molecule has 0 aliphatic heterocycles. The van der Waals surface area contributed by atoms with Crippen molar-refractivity contribution in [1.82, 2.24) is 29.4 Å². The molecule has 0 amide bonds. The Balaban J connectivity index is 1.94. The van der Waals surface area contributed by atoms with Crippen molar-refractivity contribution < 1.29 is 13.2 Å². The van der Waals surface area contributed by atoms with Gasteiger partial charge in [0.25, 0.3) is 5.82 Å². The molecule has 26 heavy (non-hydrogen) atoms. The molecule has 0 aliphatic rings. The highest BCUT2D eigenvalue weighted by Gasteiger charge is 2.38. The second-order valence-electron chi connectivity index (χ2n) is 5.73. The minimum atomic E-state index is -4.66. The zero-order valence-corrected chi connectivity index (χ0v) is 13.0. The van der Waals surface area contributed by atoms with Crippen LogP contribution in [0.4, 0.5) is 13.2 Å². The van der Waals surface area contributed by atoms with Gasteiger partial charge in [-0.1, -0.05) is 36.4 Å². The lowest BCUT2D eigenvalue weighted by Gasteiger charge is -2.10. The van der Waals surface area contributed by atoms with E-state index < -0.39 is 12.0 Å². The first-order valence-corrected chi connectivity index (χ1v) is 7.68. The highest BCUT2D eigenvalue weighted by atomic mass is 19.4. The highest BCUT2D eigenvalue weighted by molar-refractivity contribution is 5.98. The molecule has 9 heteroatoms. The van der Waals surface area contributed by atoms with Crippen molar-refractivity contribution in [3.8, 4) is 5.82 Å². The maximum absolute atomic E-state index is 13.3. The van der Waals surface area contributed by atoms with Crippen LogP contribution in [0.3, 0.4) is 0 Å². The predicted octanol–water partition coefficient (Wildman–Crippen LogP) is 3.64. The van der Waals surface area contributed by atoms with E-state index in [2.05, 4.69) is 20.3 Å². The maximum Gasteiger partial charge on any atom is 0.453 e. The number of imidazole rings is 1. The summed E-state index contributed by atoms with van der Waals surface area (Å²) in [4.78, 5) is 4.30. The summed E-state index contributed by atoms with van der Waals surface area (Å²) in [6, 6.07) is 14.4. The molecule has 3 heterocycles. The predicted molar refractivity (Wildman–Crippen MR) is 87.9 cm³/mol. The van der Waals surface area contributed by atoms with Crippen molar-refractivity contribution in [3.05, 3.63) is 60.7 Å². The summed E-state index contributed by atoms with van der Waals surface area (Å²) in [5.41, 5.74) is 1.52. The van der Waals surface area contributed by atoms with Crippen LogP contribution >= 0.6 is 0 Å². The molecule has 0 bridgehead atoms. The number of rotatable bonds is 1. The van der Waals surface area contributed by atoms with Crippen molar-refractivity contribution in [2.24, 2.45) is 0 Å². The Kier molecular flexibility index (Phi) is 2.85. The van der Waals surface area contributed by atoms with Crippen LogP contribution in [0.25, 0.3) is 33.3 Å². The number of hydrogen-bond acceptors (Lipinski definition) is 4. The Morgan fingerprint density at radius 2 is 1.58 bits per heavy atom. The molecule has 0 unspecified atom stereocenters. The SMILES string of the molecule is FC(F)(F)c1nnc2c3ccccc3c(-n3cnc4ccccc43)nn12. The third-order valence-electron chi connectivity index (χ3n) is 4.18. The van der Waals surface area contributed by atoms with Crippen LogP contribution in [0.5, 0.6) is 0 Å². The van der Waals surface area contributed by atoms with Crippen LogP contribution in [0.1, 0.15) is 5.82 Å². The van der Waals surface area contributed by atoms with Crippen molar-refractivity contribution in [2.45, 2.75) is 6.18 Å². The molecular weight excluding hydrogens is 345 g/mol. The molecule has 0 fully saturated rings. The summed E-state index contributed by atoms with van der Waals surface area (Å²) in [7, 11) is 0. The normalized spacial score (nSPS) is 12.4. The zero-order valence-electron chi connectivity index (χ0n) is 13.0. The lowest BCUT2D eigenvalue weighted by Crippen LogP contribution is -2.14. The minimum absolute atomic E-state index is 0.0566. The van der Waals surface area contributed by atoms with Gasteiger partial charge in [0.05, 0.1) is 11.0 Å². The highest BCUT2D eigenvalue weighted by Crippen LogP contribution is 2.31. The Labute approximate surface area is 143 Å². The van der Waals surface area contributed by atoms with E-state index in [1.165, 1.54) is 0 Å². The number of aromatic nitrogens is 6. The quantitative estimate of drug-likeness (QED) is 0.461. The molecular formula is C17H9F3N6. The Morgan fingerprint density at radius 3 is 2.38 bits per heavy atom. The summed E-state index contributed by atoms with van der Waals surface area (Å²) in [6.07, 6.45) is -3.12. The van der Waals surface area contributed by atoms with Gasteiger partial charge in [0.15, 0.2) is 11.5 Å². The van der Waals surface area contributed by atoms with Gasteiger partial charge in [0.1, 0.15) is 6.33 Å². The van der Waals surface area contributed by atoms with Gasteiger partial charge in [-0.05, 0) is 12.1 Å². The van der Waals surface area contributed by atoms with Gasteiger partial charge in [0.2, 0.25) is 0 Å². The van der Waals surface area contributed by atoms with Crippen LogP contribution in [0, 0.1) is 0 Å². The monoisotopic (exact) mass is 354 g/mol. The molecule has 0 radical (unpaired) electrons. The number of benzene rings is 2. The zero-order chi connectivity index (χ0) is 17.9. The number of alkyl halides is 3. The third-order valence-corrected chi connectivity index (χ3v) is 4.18. The van der Waals surface area contributed by atoms with Crippen LogP contribution in [-0.2, 0) is 6.18 Å². The lowest BCUT2D eigenvalue weighted by molar-refractivity contribution is -0.146. The maximum atomic E-state index is 13.3. The summed E-state index contributed by atoms with van der Waals surface area (Å²) < 4.78 is 42.3. The van der Waals surface area contributed by atoms with E-state index in [9.17, 15) is 13.2 Å². The van der Waals surface area contributed by atoms with E-state index in [1.54, 1.807) is 35.2 Å². The topological polar surface area (TPSA) is 60.9 Å². The van der Waals surface area contributed by atoms with E-state index in [0.29, 0.717) is 16.6 Å². The minimum Gasteiger partial charge on any atom is -0.281 e. The van der Waals surface area contributed by atoms with Crippen LogP contribution < -0.4 is 0 Å². The third kappa shape index (κ3) is 2.00. The van der Waals surface area contributed by atoms with E-state index in [4.69, 9.17) is 0 Å². The van der Waals surface area contributed by atoms with Gasteiger partial charge in [0, 0.05) is 10.8 Å². The molecule has 6 nitrogen and oxygen atoms in total. The Bertz CT molecular complexity index is 1280. The molecule has 2 aromatic carbocycles. The van der Waals surface area contributed by atoms with Crippen LogP contribution in [0.2, 0.25) is 0 Å². The number of para-hydroxylation sites is 2. The van der Waals surface area contributed by atoms with E-state index >= 15 is 0 Å². The Hall–Kier alpha value is -3.49. The summed E-state index contributed by atoms with van der Waals surface area (Å²) in [6.45, 7) is 0. The average Bonchev–Trinajstić information content (AvgIpc) is 3.25. The second kappa shape index (κ2) is 5.01. The van der Waals surface area contributed by atoms with Crippen LogP contribution in [-0.4, -0.2) is 29.4 Å². The summed E-state index contributed by atoms with van der Waals surface area (Å²) in [5, 5.41) is 12.4.